The Morgan fingerprint density at radius 3 is 3.06 bits per heavy atom. The normalized spacial score (nSPS) is 20.2. The maximum Gasteiger partial charge on any atom is 0.233 e. The molecule has 1 aromatic carbocycles. The van der Waals surface area contributed by atoms with Crippen LogP contribution in [0.5, 0.6) is 0 Å². The lowest BCUT2D eigenvalue weighted by Gasteiger charge is -2.10. The molecule has 0 saturated carbocycles. The van der Waals surface area contributed by atoms with Crippen molar-refractivity contribution in [2.45, 2.75) is 28.9 Å². The van der Waals surface area contributed by atoms with E-state index < -0.39 is 0 Å². The highest BCUT2D eigenvalue weighted by Crippen LogP contribution is 2.36. The predicted molar refractivity (Wildman–Crippen MR) is 68.1 cm³/mol. The van der Waals surface area contributed by atoms with Gasteiger partial charge in [-0.1, -0.05) is 18.2 Å². The summed E-state index contributed by atoms with van der Waals surface area (Å²) >= 11 is 7.44. The first-order valence-corrected chi connectivity index (χ1v) is 6.65. The minimum absolute atomic E-state index is 0.00724. The van der Waals surface area contributed by atoms with Crippen LogP contribution in [0, 0.1) is 0 Å². The van der Waals surface area contributed by atoms with Crippen molar-refractivity contribution in [1.29, 1.82) is 0 Å². The van der Waals surface area contributed by atoms with Crippen molar-refractivity contribution < 1.29 is 4.79 Å². The average Bonchev–Trinajstić information content (AvgIpc) is 2.69. The molecule has 16 heavy (non-hydrogen) atoms. The van der Waals surface area contributed by atoms with Gasteiger partial charge in [0.05, 0.1) is 5.25 Å². The van der Waals surface area contributed by atoms with Crippen LogP contribution in [-0.4, -0.2) is 23.1 Å². The van der Waals surface area contributed by atoms with Gasteiger partial charge in [-0.05, 0) is 25.0 Å². The lowest BCUT2D eigenvalue weighted by atomic mass is 10.1. The van der Waals surface area contributed by atoms with Gasteiger partial charge in [-0.15, -0.1) is 23.4 Å². The summed E-state index contributed by atoms with van der Waals surface area (Å²) in [5.74, 6) is 0.0914. The zero-order valence-electron chi connectivity index (χ0n) is 9.07. The number of alkyl halides is 1. The Balaban J connectivity index is 1.93. The lowest BCUT2D eigenvalue weighted by molar-refractivity contribution is -0.120. The molecule has 1 aliphatic heterocycles. The molecule has 2 atom stereocenters. The van der Waals surface area contributed by atoms with E-state index in [0.717, 1.165) is 6.42 Å². The van der Waals surface area contributed by atoms with Crippen LogP contribution in [0.15, 0.2) is 29.2 Å². The van der Waals surface area contributed by atoms with Crippen molar-refractivity contribution in [3.8, 4) is 0 Å². The van der Waals surface area contributed by atoms with Gasteiger partial charge in [0.15, 0.2) is 0 Å². The van der Waals surface area contributed by atoms with E-state index in [0.29, 0.717) is 6.54 Å². The van der Waals surface area contributed by atoms with Gasteiger partial charge in [-0.2, -0.15) is 0 Å². The van der Waals surface area contributed by atoms with Crippen molar-refractivity contribution in [2.24, 2.45) is 0 Å². The van der Waals surface area contributed by atoms with E-state index in [1.165, 1.54) is 10.5 Å². The zero-order valence-corrected chi connectivity index (χ0v) is 10.6. The number of benzene rings is 1. The molecule has 2 rings (SSSR count). The Hall–Kier alpha value is -0.670. The van der Waals surface area contributed by atoms with E-state index in [1.54, 1.807) is 11.8 Å². The second kappa shape index (κ2) is 5.11. The predicted octanol–water partition coefficient (Wildman–Crippen LogP) is 2.45. The monoisotopic (exact) mass is 255 g/mol. The van der Waals surface area contributed by atoms with E-state index in [9.17, 15) is 4.79 Å². The van der Waals surface area contributed by atoms with Crippen LogP contribution in [0.25, 0.3) is 0 Å². The zero-order chi connectivity index (χ0) is 11.5. The maximum atomic E-state index is 11.8. The van der Waals surface area contributed by atoms with Crippen LogP contribution in [0.3, 0.4) is 0 Å². The molecule has 0 spiro atoms. The summed E-state index contributed by atoms with van der Waals surface area (Å²) in [7, 11) is 0. The number of thioether (sulfide) groups is 1. The molecule has 2 nitrogen and oxygen atoms in total. The van der Waals surface area contributed by atoms with Crippen molar-refractivity contribution in [2.75, 3.05) is 6.54 Å². The number of carbonyl (C=O) groups is 1. The van der Waals surface area contributed by atoms with Crippen molar-refractivity contribution in [3.05, 3.63) is 29.8 Å². The highest BCUT2D eigenvalue weighted by atomic mass is 35.5. The number of halogens is 1. The average molecular weight is 256 g/mol. The summed E-state index contributed by atoms with van der Waals surface area (Å²) in [6.07, 6.45) is 0.823. The summed E-state index contributed by atoms with van der Waals surface area (Å²) in [5, 5.41) is 2.86. The van der Waals surface area contributed by atoms with Crippen LogP contribution in [0.4, 0.5) is 0 Å². The van der Waals surface area contributed by atoms with Crippen molar-refractivity contribution in [1.82, 2.24) is 5.32 Å². The first-order chi connectivity index (χ1) is 7.66. The van der Waals surface area contributed by atoms with Gasteiger partial charge >= 0.3 is 0 Å². The maximum absolute atomic E-state index is 11.8. The largest absolute Gasteiger partial charge is 0.354 e. The fourth-order valence-electron chi connectivity index (χ4n) is 1.68. The number of hydrogen-bond donors (Lipinski definition) is 1. The van der Waals surface area contributed by atoms with Gasteiger partial charge < -0.3 is 5.32 Å². The molecule has 0 fully saturated rings. The second-order valence-electron chi connectivity index (χ2n) is 3.94. The van der Waals surface area contributed by atoms with Gasteiger partial charge in [0.2, 0.25) is 5.91 Å². The van der Waals surface area contributed by atoms with Crippen molar-refractivity contribution >= 4 is 29.3 Å². The molecular formula is C12H14ClNOS. The summed E-state index contributed by atoms with van der Waals surface area (Å²) < 4.78 is 0. The molecule has 86 valence electrons. The molecule has 4 heteroatoms. The van der Waals surface area contributed by atoms with Crippen molar-refractivity contribution in [3.63, 3.8) is 0 Å². The number of nitrogens with one attached hydrogen (secondary N) is 1. The van der Waals surface area contributed by atoms with Gasteiger partial charge in [0, 0.05) is 16.8 Å². The van der Waals surface area contributed by atoms with E-state index in [1.807, 2.05) is 19.1 Å². The van der Waals surface area contributed by atoms with E-state index >= 15 is 0 Å². The van der Waals surface area contributed by atoms with E-state index in [2.05, 4.69) is 17.4 Å². The minimum atomic E-state index is -0.0160. The first kappa shape index (κ1) is 11.8. The van der Waals surface area contributed by atoms with Crippen LogP contribution in [0.2, 0.25) is 0 Å². The molecule has 1 aromatic rings. The number of carbonyl (C=O) groups excluding carboxylic acids is 1. The molecule has 2 unspecified atom stereocenters. The Morgan fingerprint density at radius 1 is 1.62 bits per heavy atom. The third-order valence-corrected chi connectivity index (χ3v) is 3.97. The van der Waals surface area contributed by atoms with Gasteiger partial charge in [-0.3, -0.25) is 4.79 Å². The van der Waals surface area contributed by atoms with Gasteiger partial charge in [-0.25, -0.2) is 0 Å². The van der Waals surface area contributed by atoms with Crippen LogP contribution in [-0.2, 0) is 11.2 Å². The third kappa shape index (κ3) is 2.71. The second-order valence-corrected chi connectivity index (χ2v) is 5.93. The third-order valence-electron chi connectivity index (χ3n) is 2.50. The topological polar surface area (TPSA) is 29.1 Å². The Kier molecular flexibility index (Phi) is 3.77. The smallest absolute Gasteiger partial charge is 0.233 e. The van der Waals surface area contributed by atoms with Crippen LogP contribution in [0.1, 0.15) is 12.5 Å². The molecule has 0 radical (unpaired) electrons. The molecule has 1 N–H and O–H groups in total. The Morgan fingerprint density at radius 2 is 2.38 bits per heavy atom. The van der Waals surface area contributed by atoms with E-state index in [4.69, 9.17) is 11.6 Å². The number of fused-ring (bicyclic) bond motifs is 1. The van der Waals surface area contributed by atoms with Gasteiger partial charge in [0.25, 0.3) is 0 Å². The molecular weight excluding hydrogens is 242 g/mol. The molecule has 1 amide bonds. The summed E-state index contributed by atoms with van der Waals surface area (Å²) in [6.45, 7) is 2.41. The molecule has 0 bridgehead atoms. The summed E-state index contributed by atoms with van der Waals surface area (Å²) in [4.78, 5) is 13.1. The molecule has 0 saturated heterocycles. The minimum Gasteiger partial charge on any atom is -0.354 e. The SMILES string of the molecule is CC(Cl)CNC(=O)C1Cc2ccccc2S1. The summed E-state index contributed by atoms with van der Waals surface area (Å²) in [5.41, 5.74) is 1.27. The number of rotatable bonds is 3. The summed E-state index contributed by atoms with van der Waals surface area (Å²) in [6, 6.07) is 8.17. The number of hydrogen-bond acceptors (Lipinski definition) is 2. The standard InChI is InChI=1S/C12H14ClNOS/c1-8(13)7-14-12(15)11-6-9-4-2-3-5-10(9)16-11/h2-5,8,11H,6-7H2,1H3,(H,14,15). The highest BCUT2D eigenvalue weighted by Gasteiger charge is 2.27. The Labute approximate surface area is 105 Å². The first-order valence-electron chi connectivity index (χ1n) is 5.33. The fourth-order valence-corrected chi connectivity index (χ4v) is 2.98. The highest BCUT2D eigenvalue weighted by molar-refractivity contribution is 8.01. The fraction of sp³-hybridized carbons (Fsp3) is 0.417. The lowest BCUT2D eigenvalue weighted by Crippen LogP contribution is -2.35. The van der Waals surface area contributed by atoms with Gasteiger partial charge in [0.1, 0.15) is 0 Å². The molecule has 0 aliphatic carbocycles. The molecule has 1 aliphatic rings. The van der Waals surface area contributed by atoms with Crippen LogP contribution < -0.4 is 5.32 Å². The van der Waals surface area contributed by atoms with Crippen LogP contribution >= 0.6 is 23.4 Å². The Bertz CT molecular complexity index is 369. The quantitative estimate of drug-likeness (QED) is 0.841. The molecule has 1 heterocycles. The number of amides is 1. The molecule has 0 aromatic heterocycles. The van der Waals surface area contributed by atoms with E-state index in [-0.39, 0.29) is 16.5 Å².